The van der Waals surface area contributed by atoms with Gasteiger partial charge in [-0.3, -0.25) is 5.41 Å². The lowest BCUT2D eigenvalue weighted by atomic mass is 10.2. The molecule has 0 amide bonds. The standard InChI is InChI=1S/C6H11N2/c1-6-2-3-8(4-6)5-7/h5-7H,1-4H2/t6-/m1/s1. The van der Waals surface area contributed by atoms with Crippen molar-refractivity contribution in [1.82, 2.24) is 4.90 Å². The zero-order valence-corrected chi connectivity index (χ0v) is 4.93. The summed E-state index contributed by atoms with van der Waals surface area (Å²) in [4.78, 5) is 1.98. The van der Waals surface area contributed by atoms with Crippen LogP contribution < -0.4 is 0 Å². The minimum atomic E-state index is 0.552. The number of nitrogens with zero attached hydrogens (tertiary/aromatic N) is 1. The number of hydrogen-bond acceptors (Lipinski definition) is 1. The summed E-state index contributed by atoms with van der Waals surface area (Å²) in [5.74, 6) is 0.552. The summed E-state index contributed by atoms with van der Waals surface area (Å²) in [5.41, 5.74) is 0. The zero-order valence-electron chi connectivity index (χ0n) is 4.93. The van der Waals surface area contributed by atoms with E-state index in [9.17, 15) is 0 Å². The van der Waals surface area contributed by atoms with Gasteiger partial charge in [0.1, 0.15) is 0 Å². The van der Waals surface area contributed by atoms with Gasteiger partial charge in [0.2, 0.25) is 0 Å². The number of hydrogen-bond donors (Lipinski definition) is 1. The van der Waals surface area contributed by atoms with Crippen LogP contribution >= 0.6 is 0 Å². The summed E-state index contributed by atoms with van der Waals surface area (Å²) in [6, 6.07) is 0. The average Bonchev–Trinajstić information content (AvgIpc) is 2.14. The maximum atomic E-state index is 6.86. The maximum absolute atomic E-state index is 6.86. The Labute approximate surface area is 50.0 Å². The number of nitrogens with one attached hydrogen (secondary N) is 1. The van der Waals surface area contributed by atoms with Gasteiger partial charge in [-0.2, -0.15) is 0 Å². The summed E-state index contributed by atoms with van der Waals surface area (Å²) in [7, 11) is 0. The lowest BCUT2D eigenvalue weighted by Gasteiger charge is -2.07. The van der Waals surface area contributed by atoms with Crippen LogP contribution in [0.4, 0.5) is 0 Å². The van der Waals surface area contributed by atoms with Gasteiger partial charge < -0.3 is 4.90 Å². The Kier molecular flexibility index (Phi) is 1.51. The molecule has 0 bridgehead atoms. The second kappa shape index (κ2) is 2.16. The molecule has 1 aliphatic rings. The molecule has 2 heteroatoms. The molecule has 0 aromatic rings. The fourth-order valence-corrected chi connectivity index (χ4v) is 0.980. The van der Waals surface area contributed by atoms with Gasteiger partial charge in [-0.1, -0.05) is 0 Å². The molecule has 0 aromatic heterocycles. The van der Waals surface area contributed by atoms with Crippen LogP contribution in [0.1, 0.15) is 6.42 Å². The molecule has 1 N–H and O–H groups in total. The predicted octanol–water partition coefficient (Wildman–Crippen LogP) is 0.749. The first-order valence-electron chi connectivity index (χ1n) is 2.90. The van der Waals surface area contributed by atoms with Crippen LogP contribution in [-0.2, 0) is 0 Å². The molecule has 1 rings (SSSR count). The first-order valence-corrected chi connectivity index (χ1v) is 2.90. The van der Waals surface area contributed by atoms with Crippen LogP contribution in [0, 0.1) is 18.3 Å². The normalized spacial score (nSPS) is 28.6. The van der Waals surface area contributed by atoms with Gasteiger partial charge in [0, 0.05) is 13.1 Å². The second-order valence-corrected chi connectivity index (χ2v) is 2.28. The molecule has 0 spiro atoms. The van der Waals surface area contributed by atoms with Crippen molar-refractivity contribution in [2.75, 3.05) is 13.1 Å². The predicted molar refractivity (Wildman–Crippen MR) is 33.8 cm³/mol. The monoisotopic (exact) mass is 111 g/mol. The van der Waals surface area contributed by atoms with E-state index in [1.54, 1.807) is 0 Å². The first kappa shape index (κ1) is 5.60. The summed E-state index contributed by atoms with van der Waals surface area (Å²) < 4.78 is 0. The van der Waals surface area contributed by atoms with Crippen molar-refractivity contribution < 1.29 is 0 Å². The van der Waals surface area contributed by atoms with E-state index in [1.165, 1.54) is 6.34 Å². The molecule has 1 saturated heterocycles. The molecule has 1 heterocycles. The van der Waals surface area contributed by atoms with Gasteiger partial charge in [-0.05, 0) is 19.3 Å². The van der Waals surface area contributed by atoms with Crippen LogP contribution in [-0.4, -0.2) is 24.3 Å². The van der Waals surface area contributed by atoms with Gasteiger partial charge in [-0.15, -0.1) is 0 Å². The van der Waals surface area contributed by atoms with Crippen LogP contribution in [0.25, 0.3) is 0 Å². The Morgan fingerprint density at radius 2 is 2.50 bits per heavy atom. The highest BCUT2D eigenvalue weighted by molar-refractivity contribution is 5.51. The summed E-state index contributed by atoms with van der Waals surface area (Å²) >= 11 is 0. The van der Waals surface area contributed by atoms with E-state index in [1.807, 2.05) is 4.90 Å². The largest absolute Gasteiger partial charge is 0.363 e. The average molecular weight is 111 g/mol. The highest BCUT2D eigenvalue weighted by atomic mass is 15.1. The van der Waals surface area contributed by atoms with Crippen molar-refractivity contribution in [2.24, 2.45) is 5.92 Å². The highest BCUT2D eigenvalue weighted by Crippen LogP contribution is 2.11. The molecule has 1 aliphatic heterocycles. The third-order valence-corrected chi connectivity index (χ3v) is 1.50. The van der Waals surface area contributed by atoms with Gasteiger partial charge >= 0.3 is 0 Å². The lowest BCUT2D eigenvalue weighted by molar-refractivity contribution is 0.517. The molecular formula is C6H11N2. The fourth-order valence-electron chi connectivity index (χ4n) is 0.980. The van der Waals surface area contributed by atoms with Crippen LogP contribution in [0.15, 0.2) is 0 Å². The van der Waals surface area contributed by atoms with Crippen molar-refractivity contribution in [3.05, 3.63) is 6.92 Å². The first-order chi connectivity index (χ1) is 3.83. The zero-order chi connectivity index (χ0) is 5.98. The highest BCUT2D eigenvalue weighted by Gasteiger charge is 2.14. The van der Waals surface area contributed by atoms with E-state index in [4.69, 9.17) is 5.41 Å². The molecule has 0 aromatic carbocycles. The lowest BCUT2D eigenvalue weighted by Crippen LogP contribution is -2.16. The molecular weight excluding hydrogens is 100 g/mol. The van der Waals surface area contributed by atoms with Crippen LogP contribution in [0.2, 0.25) is 0 Å². The summed E-state index contributed by atoms with van der Waals surface area (Å²) in [6.07, 6.45) is 2.54. The van der Waals surface area contributed by atoms with Crippen LogP contribution in [0.3, 0.4) is 0 Å². The molecule has 0 saturated carbocycles. The SMILES string of the molecule is [CH2][C@@H]1CCN(C=N)C1. The van der Waals surface area contributed by atoms with Gasteiger partial charge in [0.15, 0.2) is 0 Å². The molecule has 8 heavy (non-hydrogen) atoms. The maximum Gasteiger partial charge on any atom is 0.0817 e. The molecule has 0 aliphatic carbocycles. The second-order valence-electron chi connectivity index (χ2n) is 2.28. The third-order valence-electron chi connectivity index (χ3n) is 1.50. The van der Waals surface area contributed by atoms with E-state index in [0.717, 1.165) is 19.5 Å². The van der Waals surface area contributed by atoms with E-state index >= 15 is 0 Å². The van der Waals surface area contributed by atoms with Gasteiger partial charge in [0.05, 0.1) is 6.34 Å². The summed E-state index contributed by atoms with van der Waals surface area (Å²) in [5, 5.41) is 6.86. The van der Waals surface area contributed by atoms with E-state index in [2.05, 4.69) is 6.92 Å². The Morgan fingerprint density at radius 1 is 1.75 bits per heavy atom. The quantitative estimate of drug-likeness (QED) is 0.392. The molecule has 1 radical (unpaired) electrons. The molecule has 1 atom stereocenters. The Balaban J connectivity index is 2.32. The third kappa shape index (κ3) is 0.997. The van der Waals surface area contributed by atoms with Gasteiger partial charge in [-0.25, -0.2) is 0 Å². The van der Waals surface area contributed by atoms with E-state index < -0.39 is 0 Å². The van der Waals surface area contributed by atoms with E-state index in [0.29, 0.717) is 5.92 Å². The minimum Gasteiger partial charge on any atom is -0.363 e. The van der Waals surface area contributed by atoms with E-state index in [-0.39, 0.29) is 0 Å². The Hall–Kier alpha value is -0.530. The van der Waals surface area contributed by atoms with Crippen molar-refractivity contribution in [1.29, 1.82) is 5.41 Å². The topological polar surface area (TPSA) is 27.1 Å². The Morgan fingerprint density at radius 3 is 2.75 bits per heavy atom. The Bertz CT molecular complexity index is 90.5. The van der Waals surface area contributed by atoms with Crippen molar-refractivity contribution in [3.8, 4) is 0 Å². The van der Waals surface area contributed by atoms with Gasteiger partial charge in [0.25, 0.3) is 0 Å². The van der Waals surface area contributed by atoms with Crippen LogP contribution in [0.5, 0.6) is 0 Å². The smallest absolute Gasteiger partial charge is 0.0817 e. The number of likely N-dealkylation sites (tertiary alicyclic amines) is 1. The molecule has 1 fully saturated rings. The van der Waals surface area contributed by atoms with Crippen molar-refractivity contribution >= 4 is 6.34 Å². The van der Waals surface area contributed by atoms with Crippen molar-refractivity contribution in [3.63, 3.8) is 0 Å². The van der Waals surface area contributed by atoms with Crippen molar-refractivity contribution in [2.45, 2.75) is 6.42 Å². The number of rotatable bonds is 1. The molecule has 0 unspecified atom stereocenters. The molecule has 45 valence electrons. The molecule has 2 nitrogen and oxygen atoms in total. The summed E-state index contributed by atoms with van der Waals surface area (Å²) in [6.45, 7) is 5.89. The minimum absolute atomic E-state index is 0.552. The fraction of sp³-hybridized carbons (Fsp3) is 0.667.